The Bertz CT molecular complexity index is 628. The van der Waals surface area contributed by atoms with Gasteiger partial charge in [0.2, 0.25) is 0 Å². The van der Waals surface area contributed by atoms with Gasteiger partial charge < -0.3 is 10.4 Å². The van der Waals surface area contributed by atoms with E-state index in [-0.39, 0.29) is 11.7 Å². The summed E-state index contributed by atoms with van der Waals surface area (Å²) in [5.41, 5.74) is 1.49. The molecule has 0 amide bonds. The predicted octanol–water partition coefficient (Wildman–Crippen LogP) is 1.47. The van der Waals surface area contributed by atoms with Gasteiger partial charge in [-0.25, -0.2) is 4.79 Å². The van der Waals surface area contributed by atoms with Crippen molar-refractivity contribution >= 4 is 0 Å². The maximum atomic E-state index is 12.3. The number of rotatable bonds is 5. The predicted molar refractivity (Wildman–Crippen MR) is 79.3 cm³/mol. The molecule has 2 rings (SSSR count). The van der Waals surface area contributed by atoms with Gasteiger partial charge in [0.15, 0.2) is 0 Å². The van der Waals surface area contributed by atoms with Gasteiger partial charge in [0, 0.05) is 25.0 Å². The van der Waals surface area contributed by atoms with E-state index in [1.807, 2.05) is 38.1 Å². The molecule has 1 unspecified atom stereocenters. The Morgan fingerprint density at radius 1 is 1.30 bits per heavy atom. The average Bonchev–Trinajstić information content (AvgIpc) is 2.81. The van der Waals surface area contributed by atoms with Crippen molar-refractivity contribution in [2.45, 2.75) is 26.0 Å². The van der Waals surface area contributed by atoms with E-state index in [2.05, 4.69) is 5.32 Å². The zero-order valence-electron chi connectivity index (χ0n) is 12.1. The Labute approximate surface area is 118 Å². The summed E-state index contributed by atoms with van der Waals surface area (Å²) in [5.74, 6) is 0. The number of hydrogen-bond acceptors (Lipinski definition) is 3. The van der Waals surface area contributed by atoms with E-state index in [9.17, 15) is 9.90 Å². The number of aromatic nitrogens is 2. The van der Waals surface area contributed by atoms with E-state index in [1.54, 1.807) is 28.6 Å². The van der Waals surface area contributed by atoms with Gasteiger partial charge in [-0.3, -0.25) is 9.13 Å². The lowest BCUT2D eigenvalue weighted by Crippen LogP contribution is -2.24. The van der Waals surface area contributed by atoms with Crippen LogP contribution in [0.3, 0.4) is 0 Å². The smallest absolute Gasteiger partial charge is 0.332 e. The van der Waals surface area contributed by atoms with Crippen molar-refractivity contribution in [1.29, 1.82) is 0 Å². The molecule has 0 saturated heterocycles. The highest BCUT2D eigenvalue weighted by Gasteiger charge is 2.10. The quantitative estimate of drug-likeness (QED) is 0.869. The summed E-state index contributed by atoms with van der Waals surface area (Å²) in [7, 11) is 1.79. The molecule has 0 fully saturated rings. The van der Waals surface area contributed by atoms with Gasteiger partial charge in [-0.15, -0.1) is 0 Å². The molecule has 1 atom stereocenters. The molecule has 0 saturated carbocycles. The van der Waals surface area contributed by atoms with Crippen molar-refractivity contribution in [2.24, 2.45) is 0 Å². The largest absolute Gasteiger partial charge is 0.387 e. The molecule has 2 aromatic rings. The number of nitrogens with one attached hydrogen (secondary N) is 1. The SMILES string of the molecule is CNCC(O)c1cccc(-n2ccn(C(C)C)c2=O)c1. The minimum absolute atomic E-state index is 0.0692. The highest BCUT2D eigenvalue weighted by Crippen LogP contribution is 2.16. The highest BCUT2D eigenvalue weighted by molar-refractivity contribution is 5.37. The zero-order valence-corrected chi connectivity index (χ0v) is 12.1. The topological polar surface area (TPSA) is 59.2 Å². The van der Waals surface area contributed by atoms with Crippen LogP contribution in [0.5, 0.6) is 0 Å². The van der Waals surface area contributed by atoms with Crippen LogP contribution in [-0.2, 0) is 0 Å². The van der Waals surface area contributed by atoms with Crippen molar-refractivity contribution in [3.8, 4) is 5.69 Å². The van der Waals surface area contributed by atoms with E-state index in [1.165, 1.54) is 0 Å². The zero-order chi connectivity index (χ0) is 14.7. The normalized spacial score (nSPS) is 12.8. The van der Waals surface area contributed by atoms with Crippen LogP contribution in [0, 0.1) is 0 Å². The Kier molecular flexibility index (Phi) is 4.42. The Morgan fingerprint density at radius 2 is 2.05 bits per heavy atom. The van der Waals surface area contributed by atoms with Crippen molar-refractivity contribution in [3.63, 3.8) is 0 Å². The molecule has 0 aliphatic heterocycles. The fourth-order valence-electron chi connectivity index (χ4n) is 2.17. The minimum atomic E-state index is -0.581. The molecule has 0 bridgehead atoms. The third kappa shape index (κ3) is 2.84. The third-order valence-electron chi connectivity index (χ3n) is 3.29. The summed E-state index contributed by atoms with van der Waals surface area (Å²) in [6.45, 7) is 4.42. The lowest BCUT2D eigenvalue weighted by molar-refractivity contribution is 0.178. The molecular formula is C15H21N3O2. The van der Waals surface area contributed by atoms with Crippen molar-refractivity contribution in [2.75, 3.05) is 13.6 Å². The van der Waals surface area contributed by atoms with Crippen LogP contribution in [-0.4, -0.2) is 27.8 Å². The van der Waals surface area contributed by atoms with Crippen LogP contribution in [0.15, 0.2) is 41.5 Å². The van der Waals surface area contributed by atoms with Gasteiger partial charge in [0.1, 0.15) is 0 Å². The van der Waals surface area contributed by atoms with Gasteiger partial charge in [0.25, 0.3) is 0 Å². The summed E-state index contributed by atoms with van der Waals surface area (Å²) in [4.78, 5) is 12.3. The van der Waals surface area contributed by atoms with Crippen LogP contribution < -0.4 is 11.0 Å². The highest BCUT2D eigenvalue weighted by atomic mass is 16.3. The molecule has 1 heterocycles. The second kappa shape index (κ2) is 6.07. The summed E-state index contributed by atoms with van der Waals surface area (Å²) in [6.07, 6.45) is 2.96. The standard InChI is InChI=1S/C15H21N3O2/c1-11(2)17-7-8-18(15(17)20)13-6-4-5-12(9-13)14(19)10-16-3/h4-9,11,14,16,19H,10H2,1-3H3. The van der Waals surface area contributed by atoms with Crippen LogP contribution in [0.2, 0.25) is 0 Å². The van der Waals surface area contributed by atoms with Gasteiger partial charge >= 0.3 is 5.69 Å². The van der Waals surface area contributed by atoms with E-state index in [4.69, 9.17) is 0 Å². The summed E-state index contributed by atoms with van der Waals surface area (Å²) < 4.78 is 3.27. The number of hydrogen-bond donors (Lipinski definition) is 2. The Hall–Kier alpha value is -1.85. The second-order valence-electron chi connectivity index (χ2n) is 5.12. The Morgan fingerprint density at radius 3 is 2.65 bits per heavy atom. The molecular weight excluding hydrogens is 254 g/mol. The van der Waals surface area contributed by atoms with Gasteiger partial charge in [-0.1, -0.05) is 12.1 Å². The monoisotopic (exact) mass is 275 g/mol. The summed E-state index contributed by atoms with van der Waals surface area (Å²) >= 11 is 0. The van der Waals surface area contributed by atoms with Gasteiger partial charge in [-0.2, -0.15) is 0 Å². The van der Waals surface area contributed by atoms with Crippen LogP contribution >= 0.6 is 0 Å². The van der Waals surface area contributed by atoms with Gasteiger partial charge in [-0.05, 0) is 38.6 Å². The summed E-state index contributed by atoms with van der Waals surface area (Å²) in [5, 5.41) is 12.9. The minimum Gasteiger partial charge on any atom is -0.387 e. The maximum Gasteiger partial charge on any atom is 0.332 e. The van der Waals surface area contributed by atoms with Crippen LogP contribution in [0.25, 0.3) is 5.69 Å². The first kappa shape index (κ1) is 14.6. The molecule has 5 heteroatoms. The molecule has 2 N–H and O–H groups in total. The Balaban J connectivity index is 2.39. The first-order valence-corrected chi connectivity index (χ1v) is 6.77. The number of benzene rings is 1. The van der Waals surface area contributed by atoms with Crippen LogP contribution in [0.4, 0.5) is 0 Å². The van der Waals surface area contributed by atoms with Crippen LogP contribution in [0.1, 0.15) is 31.6 Å². The van der Waals surface area contributed by atoms with E-state index < -0.39 is 6.10 Å². The molecule has 5 nitrogen and oxygen atoms in total. The lowest BCUT2D eigenvalue weighted by Gasteiger charge is -2.12. The number of imidazole rings is 1. The lowest BCUT2D eigenvalue weighted by atomic mass is 10.1. The van der Waals surface area contributed by atoms with E-state index in [0.717, 1.165) is 11.3 Å². The molecule has 108 valence electrons. The second-order valence-corrected chi connectivity index (χ2v) is 5.12. The molecule has 0 radical (unpaired) electrons. The maximum absolute atomic E-state index is 12.3. The molecule has 0 aliphatic carbocycles. The van der Waals surface area contributed by atoms with Crippen molar-refractivity contribution < 1.29 is 5.11 Å². The van der Waals surface area contributed by atoms with Crippen molar-refractivity contribution in [3.05, 3.63) is 52.7 Å². The molecule has 1 aromatic carbocycles. The molecule has 0 aliphatic rings. The summed E-state index contributed by atoms with van der Waals surface area (Å²) in [6, 6.07) is 7.54. The fraction of sp³-hybridized carbons (Fsp3) is 0.400. The molecule has 1 aromatic heterocycles. The number of likely N-dealkylation sites (N-methyl/N-ethyl adjacent to an activating group) is 1. The molecule has 20 heavy (non-hydrogen) atoms. The number of aliphatic hydroxyl groups excluding tert-OH is 1. The first-order valence-electron chi connectivity index (χ1n) is 6.77. The van der Waals surface area contributed by atoms with E-state index in [0.29, 0.717) is 6.54 Å². The molecule has 0 spiro atoms. The van der Waals surface area contributed by atoms with E-state index >= 15 is 0 Å². The first-order chi connectivity index (χ1) is 9.54. The number of aliphatic hydroxyl groups is 1. The van der Waals surface area contributed by atoms with Crippen molar-refractivity contribution in [1.82, 2.24) is 14.5 Å². The third-order valence-corrected chi connectivity index (χ3v) is 3.29. The average molecular weight is 275 g/mol. The van der Waals surface area contributed by atoms with Gasteiger partial charge in [0.05, 0.1) is 11.8 Å². The number of nitrogens with zero attached hydrogens (tertiary/aromatic N) is 2. The fourth-order valence-corrected chi connectivity index (χ4v) is 2.17.